The predicted molar refractivity (Wildman–Crippen MR) is 112 cm³/mol. The topological polar surface area (TPSA) is 88.2 Å². The van der Waals surface area contributed by atoms with Crippen molar-refractivity contribution in [3.63, 3.8) is 0 Å². The van der Waals surface area contributed by atoms with Gasteiger partial charge in [-0.2, -0.15) is 4.98 Å². The molecule has 3 aromatic rings. The molecule has 3 rings (SSSR count). The molecule has 3 N–H and O–H groups in total. The summed E-state index contributed by atoms with van der Waals surface area (Å²) in [4.78, 5) is 21.0. The largest absolute Gasteiger partial charge is 0.573 e. The Morgan fingerprint density at radius 3 is 2.26 bits per heavy atom. The molecule has 7 nitrogen and oxygen atoms in total. The van der Waals surface area contributed by atoms with E-state index in [0.29, 0.717) is 24.0 Å². The smallest absolute Gasteiger partial charge is 0.406 e. The van der Waals surface area contributed by atoms with E-state index in [4.69, 9.17) is 0 Å². The molecule has 0 fully saturated rings. The van der Waals surface area contributed by atoms with Crippen LogP contribution in [0, 0.1) is 6.92 Å². The molecule has 10 heteroatoms. The van der Waals surface area contributed by atoms with Crippen molar-refractivity contribution in [1.29, 1.82) is 0 Å². The molecule has 0 aliphatic rings. The molecule has 0 saturated heterocycles. The van der Waals surface area contributed by atoms with Crippen molar-refractivity contribution >= 4 is 29.0 Å². The number of aromatic nitrogens is 2. The highest BCUT2D eigenvalue weighted by molar-refractivity contribution is 6.04. The second-order valence-electron chi connectivity index (χ2n) is 6.48. The van der Waals surface area contributed by atoms with Crippen LogP contribution in [0.3, 0.4) is 0 Å². The molecular formula is C21H20F3N5O2. The summed E-state index contributed by atoms with van der Waals surface area (Å²) in [5.41, 5.74) is 2.29. The van der Waals surface area contributed by atoms with Gasteiger partial charge in [-0.15, -0.1) is 13.2 Å². The zero-order valence-corrected chi connectivity index (χ0v) is 16.7. The molecule has 1 aromatic heterocycles. The first-order valence-electron chi connectivity index (χ1n) is 9.35. The third-order valence-corrected chi connectivity index (χ3v) is 3.95. The summed E-state index contributed by atoms with van der Waals surface area (Å²) in [6.45, 7) is 4.53. The Balaban J connectivity index is 1.62. The van der Waals surface area contributed by atoms with Crippen LogP contribution in [0.15, 0.2) is 54.6 Å². The van der Waals surface area contributed by atoms with Crippen LogP contribution in [0.1, 0.15) is 23.0 Å². The molecule has 0 radical (unpaired) electrons. The summed E-state index contributed by atoms with van der Waals surface area (Å²) in [7, 11) is 0. The van der Waals surface area contributed by atoms with E-state index in [9.17, 15) is 18.0 Å². The number of ether oxygens (including phenoxy) is 1. The standard InChI is InChI=1S/C21H20F3N5O2/c1-3-25-20-26-13(2)12-18(29-20)27-15-6-8-16(9-7-15)28-19(30)14-4-10-17(11-5-14)31-21(22,23)24/h4-12H,3H2,1-2H3,(H,28,30)(H2,25,26,27,29). The van der Waals surface area contributed by atoms with Gasteiger partial charge in [0.25, 0.3) is 5.91 Å². The van der Waals surface area contributed by atoms with Gasteiger partial charge in [0.2, 0.25) is 5.95 Å². The van der Waals surface area contributed by atoms with Crippen molar-refractivity contribution in [2.45, 2.75) is 20.2 Å². The number of benzene rings is 2. The number of hydrogen-bond acceptors (Lipinski definition) is 6. The van der Waals surface area contributed by atoms with Gasteiger partial charge in [-0.3, -0.25) is 4.79 Å². The number of anilines is 4. The maximum absolute atomic E-state index is 12.3. The first kappa shape index (κ1) is 21.9. The van der Waals surface area contributed by atoms with Gasteiger partial charge in [-0.1, -0.05) is 0 Å². The summed E-state index contributed by atoms with van der Waals surface area (Å²) in [6, 6.07) is 13.4. The maximum atomic E-state index is 12.3. The first-order valence-corrected chi connectivity index (χ1v) is 9.35. The number of halogens is 3. The van der Waals surface area contributed by atoms with Crippen molar-refractivity contribution in [1.82, 2.24) is 9.97 Å². The second-order valence-corrected chi connectivity index (χ2v) is 6.48. The summed E-state index contributed by atoms with van der Waals surface area (Å²) in [5.74, 6) is 0.305. The summed E-state index contributed by atoms with van der Waals surface area (Å²) in [6.07, 6.45) is -4.78. The number of hydrogen-bond donors (Lipinski definition) is 3. The predicted octanol–water partition coefficient (Wildman–Crippen LogP) is 5.11. The monoisotopic (exact) mass is 431 g/mol. The summed E-state index contributed by atoms with van der Waals surface area (Å²) < 4.78 is 40.4. The molecule has 0 aliphatic carbocycles. The zero-order chi connectivity index (χ0) is 22.4. The zero-order valence-electron chi connectivity index (χ0n) is 16.7. The van der Waals surface area contributed by atoms with E-state index in [2.05, 4.69) is 30.7 Å². The molecule has 0 spiro atoms. The van der Waals surface area contributed by atoms with Gasteiger partial charge in [-0.25, -0.2) is 4.98 Å². The lowest BCUT2D eigenvalue weighted by Crippen LogP contribution is -2.17. The van der Waals surface area contributed by atoms with Gasteiger partial charge < -0.3 is 20.7 Å². The number of aryl methyl sites for hydroxylation is 1. The van der Waals surface area contributed by atoms with Gasteiger partial charge in [0.15, 0.2) is 0 Å². The minimum absolute atomic E-state index is 0.198. The lowest BCUT2D eigenvalue weighted by Gasteiger charge is -2.11. The number of carbonyl (C=O) groups is 1. The van der Waals surface area contributed by atoms with Crippen LogP contribution in [-0.2, 0) is 0 Å². The fourth-order valence-corrected chi connectivity index (χ4v) is 2.67. The lowest BCUT2D eigenvalue weighted by atomic mass is 10.2. The Morgan fingerprint density at radius 2 is 1.65 bits per heavy atom. The second kappa shape index (κ2) is 9.33. The van der Waals surface area contributed by atoms with Crippen LogP contribution in [-0.4, -0.2) is 28.8 Å². The van der Waals surface area contributed by atoms with Gasteiger partial charge in [0.1, 0.15) is 11.6 Å². The van der Waals surface area contributed by atoms with Crippen LogP contribution >= 0.6 is 0 Å². The minimum Gasteiger partial charge on any atom is -0.406 e. The van der Waals surface area contributed by atoms with Gasteiger partial charge in [-0.05, 0) is 62.4 Å². The normalized spacial score (nSPS) is 11.0. The quantitative estimate of drug-likeness (QED) is 0.482. The minimum atomic E-state index is -4.78. The SMILES string of the molecule is CCNc1nc(C)cc(Nc2ccc(NC(=O)c3ccc(OC(F)(F)F)cc3)cc2)n1. The molecule has 2 aromatic carbocycles. The third kappa shape index (κ3) is 6.59. The molecule has 0 atom stereocenters. The van der Waals surface area contributed by atoms with Crippen molar-refractivity contribution < 1.29 is 22.7 Å². The van der Waals surface area contributed by atoms with Crippen LogP contribution < -0.4 is 20.7 Å². The molecular weight excluding hydrogens is 411 g/mol. The number of rotatable bonds is 7. The van der Waals surface area contributed by atoms with Crippen LogP contribution in [0.25, 0.3) is 0 Å². The Bertz CT molecular complexity index is 1040. The van der Waals surface area contributed by atoms with E-state index in [1.807, 2.05) is 19.9 Å². The van der Waals surface area contributed by atoms with E-state index in [1.165, 1.54) is 12.1 Å². The fourth-order valence-electron chi connectivity index (χ4n) is 2.67. The van der Waals surface area contributed by atoms with E-state index in [-0.39, 0.29) is 5.56 Å². The highest BCUT2D eigenvalue weighted by Gasteiger charge is 2.31. The average Bonchev–Trinajstić information content (AvgIpc) is 2.68. The molecule has 1 heterocycles. The first-order chi connectivity index (χ1) is 14.7. The van der Waals surface area contributed by atoms with Crippen LogP contribution in [0.4, 0.5) is 36.3 Å². The van der Waals surface area contributed by atoms with E-state index in [0.717, 1.165) is 23.5 Å². The molecule has 0 unspecified atom stereocenters. The molecule has 0 bridgehead atoms. The Kier molecular flexibility index (Phi) is 6.58. The molecule has 162 valence electrons. The van der Waals surface area contributed by atoms with Crippen LogP contribution in [0.2, 0.25) is 0 Å². The van der Waals surface area contributed by atoms with Gasteiger partial charge in [0, 0.05) is 35.2 Å². The van der Waals surface area contributed by atoms with Crippen molar-refractivity contribution in [2.75, 3.05) is 22.5 Å². The van der Waals surface area contributed by atoms with E-state index in [1.54, 1.807) is 24.3 Å². The maximum Gasteiger partial charge on any atom is 0.573 e. The lowest BCUT2D eigenvalue weighted by molar-refractivity contribution is -0.274. The van der Waals surface area contributed by atoms with Gasteiger partial charge >= 0.3 is 6.36 Å². The Morgan fingerprint density at radius 1 is 1.00 bits per heavy atom. The number of nitrogens with zero attached hydrogens (tertiary/aromatic N) is 2. The van der Waals surface area contributed by atoms with E-state index >= 15 is 0 Å². The average molecular weight is 431 g/mol. The van der Waals surface area contributed by atoms with Gasteiger partial charge in [0.05, 0.1) is 0 Å². The highest BCUT2D eigenvalue weighted by Crippen LogP contribution is 2.23. The Labute approximate surface area is 176 Å². The molecule has 0 aliphatic heterocycles. The summed E-state index contributed by atoms with van der Waals surface area (Å²) >= 11 is 0. The highest BCUT2D eigenvalue weighted by atomic mass is 19.4. The van der Waals surface area contributed by atoms with Crippen LogP contribution in [0.5, 0.6) is 5.75 Å². The van der Waals surface area contributed by atoms with Crippen molar-refractivity contribution in [3.8, 4) is 5.75 Å². The van der Waals surface area contributed by atoms with E-state index < -0.39 is 18.0 Å². The number of amides is 1. The van der Waals surface area contributed by atoms with Crippen molar-refractivity contribution in [3.05, 3.63) is 65.9 Å². The number of carbonyl (C=O) groups excluding carboxylic acids is 1. The number of alkyl halides is 3. The molecule has 0 saturated carbocycles. The Hall–Kier alpha value is -3.82. The van der Waals surface area contributed by atoms with Crippen molar-refractivity contribution in [2.24, 2.45) is 0 Å². The fraction of sp³-hybridized carbons (Fsp3) is 0.190. The third-order valence-electron chi connectivity index (χ3n) is 3.95. The molecule has 1 amide bonds. The number of nitrogens with one attached hydrogen (secondary N) is 3. The summed E-state index contributed by atoms with van der Waals surface area (Å²) in [5, 5.41) is 8.92. The molecule has 31 heavy (non-hydrogen) atoms.